The summed E-state index contributed by atoms with van der Waals surface area (Å²) in [5, 5.41) is 1.48. The summed E-state index contributed by atoms with van der Waals surface area (Å²) in [6.45, 7) is 0. The zero-order valence-electron chi connectivity index (χ0n) is 11.7. The van der Waals surface area contributed by atoms with Gasteiger partial charge < -0.3 is 9.15 Å². The van der Waals surface area contributed by atoms with E-state index in [1.54, 1.807) is 19.2 Å². The van der Waals surface area contributed by atoms with Gasteiger partial charge in [0.25, 0.3) is 0 Å². The third-order valence-electron chi connectivity index (χ3n) is 3.47. The van der Waals surface area contributed by atoms with Crippen LogP contribution in [0.25, 0.3) is 31.8 Å². The summed E-state index contributed by atoms with van der Waals surface area (Å²) in [5.41, 5.74) is 1.41. The zero-order chi connectivity index (χ0) is 15.1. The highest BCUT2D eigenvalue weighted by Gasteiger charge is 2.14. The molecule has 2 aromatic heterocycles. The molecule has 0 aliphatic heterocycles. The lowest BCUT2D eigenvalue weighted by Crippen LogP contribution is -2.03. The number of benzene rings is 2. The van der Waals surface area contributed by atoms with Crippen molar-refractivity contribution in [3.8, 4) is 16.3 Å². The first-order valence-electron chi connectivity index (χ1n) is 6.73. The van der Waals surface area contributed by atoms with Crippen molar-refractivity contribution >= 4 is 32.5 Å². The lowest BCUT2D eigenvalue weighted by Gasteiger charge is -2.04. The van der Waals surface area contributed by atoms with Gasteiger partial charge in [0, 0.05) is 5.39 Å². The molecule has 0 fully saturated rings. The fraction of sp³-hybridized carbons (Fsp3) is 0.0588. The maximum Gasteiger partial charge on any atom is 0.346 e. The van der Waals surface area contributed by atoms with E-state index in [0.717, 1.165) is 15.6 Å². The van der Waals surface area contributed by atoms with Gasteiger partial charge in [0.1, 0.15) is 5.01 Å². The fourth-order valence-corrected chi connectivity index (χ4v) is 3.38. The van der Waals surface area contributed by atoms with E-state index in [2.05, 4.69) is 4.98 Å². The van der Waals surface area contributed by atoms with Crippen LogP contribution in [0.3, 0.4) is 0 Å². The SMILES string of the molecule is COc1cccc2cc(-c3nc4ccccc4s3)c(=O)oc12. The number of ether oxygens (including phenoxy) is 1. The molecule has 0 N–H and O–H groups in total. The summed E-state index contributed by atoms with van der Waals surface area (Å²) in [4.78, 5) is 16.8. The predicted molar refractivity (Wildman–Crippen MR) is 87.7 cm³/mol. The molecule has 0 saturated carbocycles. The molecular weight excluding hydrogens is 298 g/mol. The molecule has 0 spiro atoms. The van der Waals surface area contributed by atoms with Crippen molar-refractivity contribution in [1.82, 2.24) is 4.98 Å². The standard InChI is InChI=1S/C17H11NO3S/c1-20-13-7-4-5-10-9-11(17(19)21-15(10)13)16-18-12-6-2-3-8-14(12)22-16/h2-9H,1H3. The van der Waals surface area contributed by atoms with Crippen LogP contribution >= 0.6 is 11.3 Å². The van der Waals surface area contributed by atoms with Crippen LogP contribution in [0.1, 0.15) is 0 Å². The van der Waals surface area contributed by atoms with Crippen molar-refractivity contribution in [2.75, 3.05) is 7.11 Å². The van der Waals surface area contributed by atoms with Crippen molar-refractivity contribution in [3.05, 3.63) is 59.0 Å². The van der Waals surface area contributed by atoms with E-state index in [9.17, 15) is 4.79 Å². The Morgan fingerprint density at radius 2 is 2.00 bits per heavy atom. The highest BCUT2D eigenvalue weighted by Crippen LogP contribution is 2.31. The van der Waals surface area contributed by atoms with Gasteiger partial charge in [-0.25, -0.2) is 9.78 Å². The zero-order valence-corrected chi connectivity index (χ0v) is 12.5. The average Bonchev–Trinajstić information content (AvgIpc) is 2.97. The van der Waals surface area contributed by atoms with Crippen LogP contribution in [0, 0.1) is 0 Å². The van der Waals surface area contributed by atoms with E-state index >= 15 is 0 Å². The van der Waals surface area contributed by atoms with E-state index in [1.807, 2.05) is 36.4 Å². The van der Waals surface area contributed by atoms with Crippen LogP contribution in [0.4, 0.5) is 0 Å². The Bertz CT molecular complexity index is 1020. The second kappa shape index (κ2) is 4.96. The minimum absolute atomic E-state index is 0.406. The Hall–Kier alpha value is -2.66. The molecule has 2 aromatic carbocycles. The number of thiazole rings is 1. The van der Waals surface area contributed by atoms with Crippen molar-refractivity contribution in [1.29, 1.82) is 0 Å². The van der Waals surface area contributed by atoms with Crippen molar-refractivity contribution < 1.29 is 9.15 Å². The third kappa shape index (κ3) is 1.98. The van der Waals surface area contributed by atoms with E-state index in [-0.39, 0.29) is 0 Å². The fourth-order valence-electron chi connectivity index (χ4n) is 2.41. The molecule has 108 valence electrons. The number of methoxy groups -OCH3 is 1. The third-order valence-corrected chi connectivity index (χ3v) is 4.54. The molecule has 0 aliphatic carbocycles. The molecule has 0 bridgehead atoms. The molecule has 0 saturated heterocycles. The Balaban J connectivity index is 1.98. The number of fused-ring (bicyclic) bond motifs is 2. The summed E-state index contributed by atoms with van der Waals surface area (Å²) in [6.07, 6.45) is 0. The number of hydrogen-bond acceptors (Lipinski definition) is 5. The number of aromatic nitrogens is 1. The molecule has 0 unspecified atom stereocenters. The molecule has 4 nitrogen and oxygen atoms in total. The number of nitrogens with zero attached hydrogens (tertiary/aromatic N) is 1. The maximum atomic E-state index is 12.3. The van der Waals surface area contributed by atoms with Crippen LogP contribution in [-0.2, 0) is 0 Å². The highest BCUT2D eigenvalue weighted by atomic mass is 32.1. The van der Waals surface area contributed by atoms with E-state index < -0.39 is 5.63 Å². The summed E-state index contributed by atoms with van der Waals surface area (Å²) in [5.74, 6) is 0.547. The second-order valence-corrected chi connectivity index (χ2v) is 5.84. The van der Waals surface area contributed by atoms with E-state index in [0.29, 0.717) is 21.9 Å². The minimum atomic E-state index is -0.406. The van der Waals surface area contributed by atoms with Gasteiger partial charge in [0.15, 0.2) is 11.3 Å². The first-order chi connectivity index (χ1) is 10.8. The van der Waals surface area contributed by atoms with Gasteiger partial charge in [-0.05, 0) is 24.3 Å². The van der Waals surface area contributed by atoms with Gasteiger partial charge in [-0.1, -0.05) is 24.3 Å². The molecule has 22 heavy (non-hydrogen) atoms. The number of hydrogen-bond donors (Lipinski definition) is 0. The van der Waals surface area contributed by atoms with Gasteiger partial charge in [-0.15, -0.1) is 11.3 Å². The Kier molecular flexibility index (Phi) is 2.94. The topological polar surface area (TPSA) is 52.3 Å². The van der Waals surface area contributed by atoms with E-state index in [1.165, 1.54) is 11.3 Å². The molecule has 2 heterocycles. The Morgan fingerprint density at radius 3 is 2.82 bits per heavy atom. The summed E-state index contributed by atoms with van der Waals surface area (Å²) in [7, 11) is 1.55. The van der Waals surface area contributed by atoms with Gasteiger partial charge in [-0.3, -0.25) is 0 Å². The van der Waals surface area contributed by atoms with Crippen LogP contribution in [-0.4, -0.2) is 12.1 Å². The lowest BCUT2D eigenvalue weighted by atomic mass is 10.2. The Labute approximate surface area is 129 Å². The summed E-state index contributed by atoms with van der Waals surface area (Å²) in [6, 6.07) is 15.1. The number of para-hydroxylation sites is 2. The van der Waals surface area contributed by atoms with Crippen LogP contribution in [0.5, 0.6) is 5.75 Å². The molecular formula is C17H11NO3S. The normalized spacial score (nSPS) is 11.1. The molecule has 4 rings (SSSR count). The second-order valence-electron chi connectivity index (χ2n) is 4.81. The van der Waals surface area contributed by atoms with Crippen molar-refractivity contribution in [2.24, 2.45) is 0 Å². The van der Waals surface area contributed by atoms with Crippen LogP contribution in [0.15, 0.2) is 57.7 Å². The van der Waals surface area contributed by atoms with Gasteiger partial charge in [0.2, 0.25) is 0 Å². The molecule has 0 amide bonds. The van der Waals surface area contributed by atoms with Gasteiger partial charge in [-0.2, -0.15) is 0 Å². The summed E-state index contributed by atoms with van der Waals surface area (Å²) < 4.78 is 11.7. The minimum Gasteiger partial charge on any atom is -0.493 e. The monoisotopic (exact) mass is 309 g/mol. The quantitative estimate of drug-likeness (QED) is 0.524. The highest BCUT2D eigenvalue weighted by molar-refractivity contribution is 7.21. The van der Waals surface area contributed by atoms with E-state index in [4.69, 9.17) is 9.15 Å². The smallest absolute Gasteiger partial charge is 0.346 e. The van der Waals surface area contributed by atoms with Gasteiger partial charge in [0.05, 0.1) is 22.9 Å². The van der Waals surface area contributed by atoms with Crippen LogP contribution in [0.2, 0.25) is 0 Å². The molecule has 0 radical (unpaired) electrons. The van der Waals surface area contributed by atoms with Crippen molar-refractivity contribution in [2.45, 2.75) is 0 Å². The predicted octanol–water partition coefficient (Wildman–Crippen LogP) is 4.08. The maximum absolute atomic E-state index is 12.3. The van der Waals surface area contributed by atoms with Crippen LogP contribution < -0.4 is 10.4 Å². The first-order valence-corrected chi connectivity index (χ1v) is 7.55. The average molecular weight is 309 g/mol. The Morgan fingerprint density at radius 1 is 1.14 bits per heavy atom. The lowest BCUT2D eigenvalue weighted by molar-refractivity contribution is 0.407. The van der Waals surface area contributed by atoms with Gasteiger partial charge >= 0.3 is 5.63 Å². The van der Waals surface area contributed by atoms with Crippen molar-refractivity contribution in [3.63, 3.8) is 0 Å². The number of rotatable bonds is 2. The molecule has 0 aliphatic rings. The first kappa shape index (κ1) is 13.0. The molecule has 0 atom stereocenters. The largest absolute Gasteiger partial charge is 0.493 e. The summed E-state index contributed by atoms with van der Waals surface area (Å²) >= 11 is 1.48. The molecule has 5 heteroatoms. The molecule has 4 aromatic rings.